The summed E-state index contributed by atoms with van der Waals surface area (Å²) >= 11 is 0. The first-order chi connectivity index (χ1) is 15.5. The van der Waals surface area contributed by atoms with Crippen molar-refractivity contribution >= 4 is 16.8 Å². The Morgan fingerprint density at radius 3 is 2.38 bits per heavy atom. The van der Waals surface area contributed by atoms with Crippen LogP contribution >= 0.6 is 0 Å². The lowest BCUT2D eigenvalue weighted by Crippen LogP contribution is -2.30. The molecule has 5 rings (SSSR count). The molecule has 3 nitrogen and oxygen atoms in total. The average Bonchev–Trinajstić information content (AvgIpc) is 3.24. The Morgan fingerprint density at radius 1 is 0.938 bits per heavy atom. The molecule has 4 heteroatoms. The van der Waals surface area contributed by atoms with E-state index in [4.69, 9.17) is 0 Å². The number of benzene rings is 3. The van der Waals surface area contributed by atoms with Gasteiger partial charge in [-0.25, -0.2) is 4.39 Å². The van der Waals surface area contributed by atoms with E-state index in [1.165, 1.54) is 12.1 Å². The van der Waals surface area contributed by atoms with Crippen LogP contribution in [0, 0.1) is 11.7 Å². The highest BCUT2D eigenvalue weighted by molar-refractivity contribution is 6.02. The molecule has 0 saturated carbocycles. The van der Waals surface area contributed by atoms with E-state index in [0.717, 1.165) is 45.3 Å². The van der Waals surface area contributed by atoms with Gasteiger partial charge in [0.15, 0.2) is 0 Å². The molecular formula is C28H27FN2O. The summed E-state index contributed by atoms with van der Waals surface area (Å²) in [6.45, 7) is 5.07. The zero-order valence-corrected chi connectivity index (χ0v) is 18.7. The first-order valence-electron chi connectivity index (χ1n) is 11.2. The first kappa shape index (κ1) is 20.5. The van der Waals surface area contributed by atoms with Gasteiger partial charge < -0.3 is 9.47 Å². The number of fused-ring (bicyclic) bond motifs is 2. The second-order valence-corrected chi connectivity index (χ2v) is 9.02. The molecular weight excluding hydrogens is 399 g/mol. The van der Waals surface area contributed by atoms with Crippen molar-refractivity contribution in [2.45, 2.75) is 26.3 Å². The topological polar surface area (TPSA) is 25.2 Å². The number of nitrogens with zero attached hydrogens (tertiary/aromatic N) is 2. The molecule has 1 atom stereocenters. The Balaban J connectivity index is 1.79. The van der Waals surface area contributed by atoms with E-state index >= 15 is 0 Å². The quantitative estimate of drug-likeness (QED) is 0.354. The van der Waals surface area contributed by atoms with Crippen LogP contribution in [0.25, 0.3) is 22.2 Å². The van der Waals surface area contributed by atoms with Crippen molar-refractivity contribution in [3.8, 4) is 11.3 Å². The smallest absolute Gasteiger partial charge is 0.255 e. The molecule has 0 fully saturated rings. The van der Waals surface area contributed by atoms with Crippen molar-refractivity contribution in [3.63, 3.8) is 0 Å². The molecule has 0 N–H and O–H groups in total. The van der Waals surface area contributed by atoms with Crippen LogP contribution in [0.2, 0.25) is 0 Å². The fourth-order valence-corrected chi connectivity index (χ4v) is 4.97. The molecule has 0 aliphatic carbocycles. The van der Waals surface area contributed by atoms with Crippen LogP contribution in [0.1, 0.15) is 47.8 Å². The molecule has 0 unspecified atom stereocenters. The molecule has 4 aromatic rings. The Hall–Kier alpha value is -3.40. The Morgan fingerprint density at radius 2 is 1.62 bits per heavy atom. The predicted octanol–water partition coefficient (Wildman–Crippen LogP) is 6.58. The minimum atomic E-state index is -0.256. The molecule has 2 heterocycles. The number of carbonyl (C=O) groups excluding carboxylic acids is 1. The molecule has 0 saturated heterocycles. The van der Waals surface area contributed by atoms with Gasteiger partial charge in [0.2, 0.25) is 0 Å². The van der Waals surface area contributed by atoms with Crippen LogP contribution in [-0.4, -0.2) is 21.9 Å². The Labute approximate surface area is 188 Å². The zero-order valence-electron chi connectivity index (χ0n) is 18.7. The molecule has 1 aliphatic rings. The maximum absolute atomic E-state index is 13.7. The lowest BCUT2D eigenvalue weighted by Gasteiger charge is -2.27. The minimum absolute atomic E-state index is 0.0873. The summed E-state index contributed by atoms with van der Waals surface area (Å²) in [5.41, 5.74) is 6.00. The molecule has 1 aliphatic heterocycles. The zero-order chi connectivity index (χ0) is 22.4. The van der Waals surface area contributed by atoms with Crippen LogP contribution in [0.3, 0.4) is 0 Å². The SMILES string of the molecule is CC(C)CCN1C(=O)c2ccccc2[C@@H]1c1c(-c2ccc(F)cc2)n(C)c2ccccc12. The van der Waals surface area contributed by atoms with E-state index in [0.29, 0.717) is 12.5 Å². The standard InChI is InChI=1S/C28H27FN2O/c1-18(2)16-17-31-27(21-8-4-5-9-22(21)28(31)32)25-23-10-6-7-11-24(23)30(3)26(25)19-12-14-20(29)15-13-19/h4-15,18,27H,16-17H2,1-3H3/t27-/m1/s1. The van der Waals surface area contributed by atoms with Crippen molar-refractivity contribution in [3.05, 3.63) is 95.3 Å². The van der Waals surface area contributed by atoms with E-state index in [9.17, 15) is 9.18 Å². The number of amides is 1. The number of aryl methyl sites for hydroxylation is 1. The van der Waals surface area contributed by atoms with E-state index in [-0.39, 0.29) is 17.8 Å². The van der Waals surface area contributed by atoms with Crippen LogP contribution in [0.4, 0.5) is 4.39 Å². The van der Waals surface area contributed by atoms with Gasteiger partial charge >= 0.3 is 0 Å². The number of hydrogen-bond donors (Lipinski definition) is 0. The molecule has 162 valence electrons. The maximum atomic E-state index is 13.7. The molecule has 1 amide bonds. The molecule has 0 bridgehead atoms. The third-order valence-electron chi connectivity index (χ3n) is 6.54. The van der Waals surface area contributed by atoms with Crippen molar-refractivity contribution in [2.24, 2.45) is 13.0 Å². The van der Waals surface area contributed by atoms with Gasteiger partial charge in [-0.05, 0) is 59.9 Å². The van der Waals surface area contributed by atoms with Gasteiger partial charge in [0, 0.05) is 35.6 Å². The molecule has 3 aromatic carbocycles. The second kappa shape index (κ2) is 7.94. The van der Waals surface area contributed by atoms with Gasteiger partial charge in [0.1, 0.15) is 5.82 Å². The molecule has 0 spiro atoms. The fraction of sp³-hybridized carbons (Fsp3) is 0.250. The summed E-state index contributed by atoms with van der Waals surface area (Å²) in [7, 11) is 2.05. The number of rotatable bonds is 5. The number of hydrogen-bond acceptors (Lipinski definition) is 1. The largest absolute Gasteiger partial charge is 0.343 e. The monoisotopic (exact) mass is 426 g/mol. The molecule has 0 radical (unpaired) electrons. The Bertz CT molecular complexity index is 1300. The predicted molar refractivity (Wildman–Crippen MR) is 127 cm³/mol. The molecule has 1 aromatic heterocycles. The van der Waals surface area contributed by atoms with Gasteiger partial charge in [-0.3, -0.25) is 4.79 Å². The number of halogens is 1. The number of carbonyl (C=O) groups is 1. The van der Waals surface area contributed by atoms with Gasteiger partial charge in [-0.15, -0.1) is 0 Å². The normalized spacial score (nSPS) is 15.7. The minimum Gasteiger partial charge on any atom is -0.343 e. The van der Waals surface area contributed by atoms with Crippen molar-refractivity contribution < 1.29 is 9.18 Å². The van der Waals surface area contributed by atoms with E-state index in [2.05, 4.69) is 36.6 Å². The first-order valence-corrected chi connectivity index (χ1v) is 11.2. The Kier molecular flexibility index (Phi) is 5.09. The van der Waals surface area contributed by atoms with Gasteiger partial charge in [-0.1, -0.05) is 50.2 Å². The summed E-state index contributed by atoms with van der Waals surface area (Å²) in [4.78, 5) is 15.5. The highest BCUT2D eigenvalue weighted by Crippen LogP contribution is 2.46. The van der Waals surface area contributed by atoms with E-state index < -0.39 is 0 Å². The maximum Gasteiger partial charge on any atom is 0.255 e. The molecule has 32 heavy (non-hydrogen) atoms. The van der Waals surface area contributed by atoms with Gasteiger partial charge in [-0.2, -0.15) is 0 Å². The fourth-order valence-electron chi connectivity index (χ4n) is 4.97. The highest BCUT2D eigenvalue weighted by Gasteiger charge is 2.40. The van der Waals surface area contributed by atoms with Crippen molar-refractivity contribution in [1.29, 1.82) is 0 Å². The summed E-state index contributed by atoms with van der Waals surface area (Å²) < 4.78 is 15.9. The third-order valence-corrected chi connectivity index (χ3v) is 6.54. The van der Waals surface area contributed by atoms with E-state index in [1.807, 2.05) is 54.4 Å². The summed E-state index contributed by atoms with van der Waals surface area (Å²) in [5, 5.41) is 1.12. The van der Waals surface area contributed by atoms with Crippen LogP contribution in [0.5, 0.6) is 0 Å². The summed E-state index contributed by atoms with van der Waals surface area (Å²) in [6, 6.07) is 22.7. The average molecular weight is 427 g/mol. The van der Waals surface area contributed by atoms with Crippen molar-refractivity contribution in [1.82, 2.24) is 9.47 Å². The van der Waals surface area contributed by atoms with Crippen LogP contribution < -0.4 is 0 Å². The van der Waals surface area contributed by atoms with Crippen LogP contribution in [0.15, 0.2) is 72.8 Å². The second-order valence-electron chi connectivity index (χ2n) is 9.02. The van der Waals surface area contributed by atoms with Crippen LogP contribution in [-0.2, 0) is 7.05 Å². The lowest BCUT2D eigenvalue weighted by molar-refractivity contribution is 0.0742. The van der Waals surface area contributed by atoms with E-state index in [1.54, 1.807) is 0 Å². The summed E-state index contributed by atoms with van der Waals surface area (Å²) in [6.07, 6.45) is 0.937. The highest BCUT2D eigenvalue weighted by atomic mass is 19.1. The van der Waals surface area contributed by atoms with Gasteiger partial charge in [0.25, 0.3) is 5.91 Å². The van der Waals surface area contributed by atoms with Crippen molar-refractivity contribution in [2.75, 3.05) is 6.54 Å². The lowest BCUT2D eigenvalue weighted by atomic mass is 9.93. The number of aromatic nitrogens is 1. The number of para-hydroxylation sites is 1. The summed E-state index contributed by atoms with van der Waals surface area (Å²) in [5.74, 6) is 0.328. The van der Waals surface area contributed by atoms with Gasteiger partial charge in [0.05, 0.1) is 11.7 Å². The third kappa shape index (κ3) is 3.22.